The van der Waals surface area contributed by atoms with Crippen molar-refractivity contribution in [1.82, 2.24) is 15.2 Å². The Kier molecular flexibility index (Phi) is 3.76. The average Bonchev–Trinajstić information content (AvgIpc) is 2.88. The molecule has 0 radical (unpaired) electrons. The molecule has 0 saturated carbocycles. The first-order valence-corrected chi connectivity index (χ1v) is 9.43. The van der Waals surface area contributed by atoms with E-state index in [-0.39, 0.29) is 10.9 Å². The fraction of sp³-hybridized carbons (Fsp3) is 0.333. The van der Waals surface area contributed by atoms with Crippen LogP contribution in [0.25, 0.3) is 10.9 Å². The third kappa shape index (κ3) is 3.00. The summed E-state index contributed by atoms with van der Waals surface area (Å²) in [5.41, 5.74) is 2.50. The molecule has 6 nitrogen and oxygen atoms in total. The highest BCUT2D eigenvalue weighted by Gasteiger charge is 2.30. The number of aromatic nitrogens is 3. The third-order valence-corrected chi connectivity index (χ3v) is 6.73. The van der Waals surface area contributed by atoms with Gasteiger partial charge in [-0.15, -0.1) is 0 Å². The standard InChI is InChI=1S/C18H22N4O2S/c1-11-12(2)21-22-17(11)20-16-8-9-19-15-7-6-13(10-14(15)16)25(23,24)18(3,4)5/h6-10H,1-5H3,(H2,19,20,21,22)/i8D. The van der Waals surface area contributed by atoms with E-state index in [1.54, 1.807) is 39.0 Å². The fourth-order valence-corrected chi connectivity index (χ4v) is 3.63. The summed E-state index contributed by atoms with van der Waals surface area (Å²) < 4.78 is 32.9. The lowest BCUT2D eigenvalue weighted by Crippen LogP contribution is -2.28. The van der Waals surface area contributed by atoms with Crippen molar-refractivity contribution in [2.75, 3.05) is 0 Å². The molecule has 2 heterocycles. The van der Waals surface area contributed by atoms with Crippen molar-refractivity contribution in [3.63, 3.8) is 0 Å². The van der Waals surface area contributed by atoms with Crippen LogP contribution < -0.4 is 5.36 Å². The smallest absolute Gasteiger partial charge is 0.183 e. The largest absolute Gasteiger partial charge is 0.361 e. The first-order valence-electron chi connectivity index (χ1n) is 8.45. The van der Waals surface area contributed by atoms with E-state index >= 15 is 0 Å². The number of rotatable bonds is 2. The lowest BCUT2D eigenvalue weighted by atomic mass is 10.2. The van der Waals surface area contributed by atoms with E-state index in [1.165, 1.54) is 6.20 Å². The van der Waals surface area contributed by atoms with Gasteiger partial charge in [0.15, 0.2) is 15.7 Å². The van der Waals surface area contributed by atoms with Crippen molar-refractivity contribution < 1.29 is 9.79 Å². The van der Waals surface area contributed by atoms with Gasteiger partial charge in [0.25, 0.3) is 0 Å². The maximum absolute atomic E-state index is 12.8. The summed E-state index contributed by atoms with van der Waals surface area (Å²) in [6.45, 7) is 8.80. The van der Waals surface area contributed by atoms with E-state index < -0.39 is 14.6 Å². The van der Waals surface area contributed by atoms with Gasteiger partial charge < -0.3 is 4.98 Å². The molecule has 0 atom stereocenters. The molecular weight excluding hydrogens is 336 g/mol. The Bertz CT molecular complexity index is 1170. The molecule has 3 aromatic rings. The Morgan fingerprint density at radius 2 is 1.96 bits per heavy atom. The van der Waals surface area contributed by atoms with Crippen LogP contribution in [0, 0.1) is 13.8 Å². The van der Waals surface area contributed by atoms with E-state index in [0.717, 1.165) is 11.3 Å². The summed E-state index contributed by atoms with van der Waals surface area (Å²) in [5, 5.41) is 8.00. The second kappa shape index (κ2) is 5.84. The average molecular weight is 359 g/mol. The molecule has 0 aliphatic heterocycles. The number of sulfone groups is 1. The number of aryl methyl sites for hydroxylation is 1. The maximum atomic E-state index is 12.8. The van der Waals surface area contributed by atoms with Gasteiger partial charge in [0.2, 0.25) is 0 Å². The number of nitrogens with zero attached hydrogens (tertiary/aromatic N) is 2. The number of hydrogen-bond donors (Lipinski definition) is 2. The van der Waals surface area contributed by atoms with E-state index in [1.807, 2.05) is 13.8 Å². The van der Waals surface area contributed by atoms with Crippen LogP contribution in [0.3, 0.4) is 0 Å². The van der Waals surface area contributed by atoms with Gasteiger partial charge in [-0.2, -0.15) is 5.10 Å². The van der Waals surface area contributed by atoms with Gasteiger partial charge in [-0.05, 0) is 58.9 Å². The Morgan fingerprint density at radius 1 is 1.24 bits per heavy atom. The molecule has 1 aromatic carbocycles. The van der Waals surface area contributed by atoms with Gasteiger partial charge in [-0.3, -0.25) is 5.10 Å². The minimum atomic E-state index is -3.51. The van der Waals surface area contributed by atoms with Gasteiger partial charge in [-0.1, -0.05) is 0 Å². The normalized spacial score (nSPS) is 14.1. The molecule has 7 heteroatoms. The van der Waals surface area contributed by atoms with Crippen LogP contribution in [0.15, 0.2) is 40.3 Å². The Hall–Kier alpha value is -2.41. The first-order chi connectivity index (χ1) is 12.0. The molecule has 132 valence electrons. The van der Waals surface area contributed by atoms with Crippen molar-refractivity contribution >= 4 is 26.6 Å². The van der Waals surface area contributed by atoms with Crippen LogP contribution in [-0.4, -0.2) is 28.3 Å². The summed E-state index contributed by atoms with van der Waals surface area (Å²) in [6, 6.07) is 5.03. The molecule has 0 unspecified atom stereocenters. The number of nitrogens with one attached hydrogen (secondary N) is 2. The minimum Gasteiger partial charge on any atom is -0.361 e. The summed E-state index contributed by atoms with van der Waals surface area (Å²) in [6.07, 6.45) is 1.54. The Balaban J connectivity index is 2.35. The van der Waals surface area contributed by atoms with Crippen molar-refractivity contribution in [1.29, 1.82) is 0 Å². The summed E-state index contributed by atoms with van der Waals surface area (Å²) in [4.78, 5) is 7.75. The lowest BCUT2D eigenvalue weighted by molar-refractivity contribution is 0.560. The zero-order valence-electron chi connectivity index (χ0n) is 15.9. The molecule has 2 aromatic heterocycles. The highest BCUT2D eigenvalue weighted by atomic mass is 32.2. The van der Waals surface area contributed by atoms with E-state index in [9.17, 15) is 8.42 Å². The summed E-state index contributed by atoms with van der Waals surface area (Å²) in [7, 11) is -3.51. The molecule has 0 saturated heterocycles. The highest BCUT2D eigenvalue weighted by Crippen LogP contribution is 2.26. The van der Waals surface area contributed by atoms with Crippen LogP contribution in [0.2, 0.25) is 0 Å². The molecule has 0 aliphatic rings. The minimum absolute atomic E-state index is 0.169. The molecule has 0 aliphatic carbocycles. The van der Waals surface area contributed by atoms with E-state index in [2.05, 4.69) is 20.2 Å². The summed E-state index contributed by atoms with van der Waals surface area (Å²) in [5.74, 6) is 0.493. The van der Waals surface area contributed by atoms with E-state index in [4.69, 9.17) is 1.37 Å². The second-order valence-electron chi connectivity index (χ2n) is 7.01. The third-order valence-electron chi connectivity index (χ3n) is 4.24. The van der Waals surface area contributed by atoms with Gasteiger partial charge in [0.05, 0.1) is 16.4 Å². The number of fused-ring (bicyclic) bond motifs is 1. The number of pyridine rings is 1. The van der Waals surface area contributed by atoms with Crippen molar-refractivity contribution in [3.05, 3.63) is 47.1 Å². The number of hydrogen-bond acceptors (Lipinski definition) is 4. The molecule has 0 amide bonds. The van der Waals surface area contributed by atoms with Crippen LogP contribution in [-0.2, 0) is 9.84 Å². The molecule has 0 fully saturated rings. The second-order valence-corrected chi connectivity index (χ2v) is 9.72. The van der Waals surface area contributed by atoms with Gasteiger partial charge in [-0.25, -0.2) is 13.4 Å². The lowest BCUT2D eigenvalue weighted by Gasteiger charge is -2.19. The summed E-state index contributed by atoms with van der Waals surface area (Å²) >= 11 is 0. The van der Waals surface area contributed by atoms with Gasteiger partial charge in [0.1, 0.15) is 0 Å². The van der Waals surface area contributed by atoms with Crippen LogP contribution in [0.1, 0.15) is 33.4 Å². The zero-order valence-corrected chi connectivity index (χ0v) is 15.7. The van der Waals surface area contributed by atoms with Crippen molar-refractivity contribution in [3.8, 4) is 0 Å². The van der Waals surface area contributed by atoms with Gasteiger partial charge in [0, 0.05) is 28.4 Å². The van der Waals surface area contributed by atoms with E-state index in [0.29, 0.717) is 22.1 Å². The maximum Gasteiger partial charge on any atom is 0.183 e. The fourth-order valence-electron chi connectivity index (χ4n) is 2.41. The Labute approximate surface area is 148 Å². The zero-order chi connectivity index (χ0) is 19.3. The molecule has 0 spiro atoms. The van der Waals surface area contributed by atoms with Crippen LogP contribution >= 0.6 is 0 Å². The van der Waals surface area contributed by atoms with Crippen LogP contribution in [0.5, 0.6) is 0 Å². The predicted molar refractivity (Wildman–Crippen MR) is 98.5 cm³/mol. The molecule has 2 N–H and O–H groups in total. The topological polar surface area (TPSA) is 91.0 Å². The predicted octanol–water partition coefficient (Wildman–Crippen LogP) is 3.31. The first kappa shape index (κ1) is 16.1. The molecule has 25 heavy (non-hydrogen) atoms. The molecular formula is C18H22N4O2S. The highest BCUT2D eigenvalue weighted by molar-refractivity contribution is 7.92. The Morgan fingerprint density at radius 3 is 2.56 bits per heavy atom. The molecule has 3 rings (SSSR count). The quantitative estimate of drug-likeness (QED) is 0.735. The molecule has 0 bridgehead atoms. The van der Waals surface area contributed by atoms with Crippen LogP contribution in [0.4, 0.5) is 5.82 Å². The monoisotopic (exact) mass is 359 g/mol. The van der Waals surface area contributed by atoms with Crippen molar-refractivity contribution in [2.24, 2.45) is 4.99 Å². The van der Waals surface area contributed by atoms with Gasteiger partial charge >= 0.3 is 0 Å². The number of H-pyrrole nitrogens is 2. The van der Waals surface area contributed by atoms with Crippen molar-refractivity contribution in [2.45, 2.75) is 44.3 Å². The number of aromatic amines is 2. The number of benzene rings is 1. The SMILES string of the molecule is [2H]c1c[nH]c2ccc(S(=O)(=O)C(C)(C)C)cc2c1=Nc1n[nH]c(C)c1C.